The van der Waals surface area contributed by atoms with E-state index in [9.17, 15) is 22.8 Å². The van der Waals surface area contributed by atoms with Crippen molar-refractivity contribution in [2.24, 2.45) is 0 Å². The Labute approximate surface area is 134 Å². The van der Waals surface area contributed by atoms with Crippen LogP contribution in [0.25, 0.3) is 0 Å². The Bertz CT molecular complexity index is 794. The second-order valence-corrected chi connectivity index (χ2v) is 5.63. The van der Waals surface area contributed by atoms with Gasteiger partial charge in [-0.15, -0.1) is 0 Å². The highest BCUT2D eigenvalue weighted by Crippen LogP contribution is 2.25. The van der Waals surface area contributed by atoms with E-state index in [1.807, 2.05) is 0 Å². The first-order chi connectivity index (χ1) is 11.5. The first-order valence-corrected chi connectivity index (χ1v) is 7.45. The molecule has 1 saturated heterocycles. The Morgan fingerprint density at radius 2 is 2.00 bits per heavy atom. The summed E-state index contributed by atoms with van der Waals surface area (Å²) in [5, 5.41) is 5.99. The third kappa shape index (κ3) is 3.06. The molecule has 2 heterocycles. The zero-order chi connectivity index (χ0) is 17.3. The number of hydrogen-bond donors (Lipinski definition) is 1. The number of halogens is 3. The molecule has 1 aliphatic heterocycles. The number of piperidine rings is 1. The van der Waals surface area contributed by atoms with Crippen molar-refractivity contribution in [3.8, 4) is 0 Å². The predicted octanol–water partition coefficient (Wildman–Crippen LogP) is 2.13. The van der Waals surface area contributed by atoms with Crippen LogP contribution in [0.3, 0.4) is 0 Å². The Balaban J connectivity index is 1.70. The fourth-order valence-electron chi connectivity index (χ4n) is 2.89. The lowest BCUT2D eigenvalue weighted by atomic mass is 10.0. The molecule has 1 fully saturated rings. The second kappa shape index (κ2) is 6.50. The summed E-state index contributed by atoms with van der Waals surface area (Å²) in [4.78, 5) is 25.5. The van der Waals surface area contributed by atoms with Crippen molar-refractivity contribution >= 4 is 5.91 Å². The number of H-pyrrole nitrogens is 1. The molecule has 1 aromatic carbocycles. The van der Waals surface area contributed by atoms with Crippen molar-refractivity contribution in [2.45, 2.75) is 25.3 Å². The molecule has 6 nitrogen and oxygen atoms in total. The van der Waals surface area contributed by atoms with Gasteiger partial charge in [0.25, 0.3) is 12.3 Å². The highest BCUT2D eigenvalue weighted by Gasteiger charge is 2.26. The topological polar surface area (TPSA) is 71.0 Å². The van der Waals surface area contributed by atoms with Gasteiger partial charge in [-0.25, -0.2) is 23.1 Å². The maximum absolute atomic E-state index is 13.3. The zero-order valence-corrected chi connectivity index (χ0v) is 12.6. The normalized spacial score (nSPS) is 15.9. The van der Waals surface area contributed by atoms with Gasteiger partial charge in [-0.2, -0.15) is 5.10 Å². The van der Waals surface area contributed by atoms with Gasteiger partial charge in [0.2, 0.25) is 0 Å². The number of aromatic amines is 1. The smallest absolute Gasteiger partial charge is 0.338 e. The van der Waals surface area contributed by atoms with Gasteiger partial charge in [0, 0.05) is 24.7 Å². The van der Waals surface area contributed by atoms with Gasteiger partial charge in [0.1, 0.15) is 12.1 Å². The van der Waals surface area contributed by atoms with Gasteiger partial charge in [0.15, 0.2) is 0 Å². The summed E-state index contributed by atoms with van der Waals surface area (Å²) in [6, 6.07) is 2.92. The SMILES string of the molecule is O=C(c1ccc(F)c(C(F)F)c1)N1CCC(n2cn[nH]c2=O)CC1. The van der Waals surface area contributed by atoms with Crippen LogP contribution in [-0.4, -0.2) is 38.7 Å². The van der Waals surface area contributed by atoms with Gasteiger partial charge in [-0.3, -0.25) is 9.36 Å². The molecule has 128 valence electrons. The van der Waals surface area contributed by atoms with Crippen molar-refractivity contribution < 1.29 is 18.0 Å². The number of nitrogens with one attached hydrogen (secondary N) is 1. The number of aromatic nitrogens is 3. The van der Waals surface area contributed by atoms with E-state index in [4.69, 9.17) is 0 Å². The van der Waals surface area contributed by atoms with E-state index in [-0.39, 0.29) is 17.3 Å². The minimum Gasteiger partial charge on any atom is -0.338 e. The lowest BCUT2D eigenvalue weighted by Gasteiger charge is -2.32. The minimum atomic E-state index is -2.98. The van der Waals surface area contributed by atoms with E-state index < -0.39 is 23.7 Å². The molecule has 3 rings (SSSR count). The van der Waals surface area contributed by atoms with Crippen LogP contribution < -0.4 is 5.69 Å². The van der Waals surface area contributed by atoms with Crippen molar-refractivity contribution in [1.29, 1.82) is 0 Å². The zero-order valence-electron chi connectivity index (χ0n) is 12.6. The average molecular weight is 340 g/mol. The highest BCUT2D eigenvalue weighted by atomic mass is 19.3. The molecule has 0 atom stereocenters. The molecule has 0 radical (unpaired) electrons. The third-order valence-electron chi connectivity index (χ3n) is 4.20. The highest BCUT2D eigenvalue weighted by molar-refractivity contribution is 5.94. The monoisotopic (exact) mass is 340 g/mol. The van der Waals surface area contributed by atoms with Crippen molar-refractivity contribution in [1.82, 2.24) is 19.7 Å². The summed E-state index contributed by atoms with van der Waals surface area (Å²) in [7, 11) is 0. The van der Waals surface area contributed by atoms with E-state index in [0.29, 0.717) is 25.9 Å². The number of benzene rings is 1. The Morgan fingerprint density at radius 1 is 1.29 bits per heavy atom. The average Bonchev–Trinajstić information content (AvgIpc) is 3.00. The second-order valence-electron chi connectivity index (χ2n) is 5.63. The van der Waals surface area contributed by atoms with Gasteiger partial charge in [-0.1, -0.05) is 0 Å². The van der Waals surface area contributed by atoms with E-state index in [1.54, 1.807) is 0 Å². The van der Waals surface area contributed by atoms with Crippen LogP contribution in [-0.2, 0) is 0 Å². The largest absolute Gasteiger partial charge is 0.343 e. The fraction of sp³-hybridized carbons (Fsp3) is 0.400. The number of carbonyl (C=O) groups excluding carboxylic acids is 1. The summed E-state index contributed by atoms with van der Waals surface area (Å²) in [6.07, 6.45) is -0.460. The summed E-state index contributed by atoms with van der Waals surface area (Å²) in [5.74, 6) is -1.45. The molecule has 1 N–H and O–H groups in total. The van der Waals surface area contributed by atoms with Gasteiger partial charge < -0.3 is 4.90 Å². The standard InChI is InChI=1S/C15H15F3N4O2/c16-12-2-1-9(7-11(12)13(17)18)14(23)21-5-3-10(4-6-21)22-8-19-20-15(22)24/h1-2,7-8,10,13H,3-6H2,(H,20,24). The number of likely N-dealkylation sites (tertiary alicyclic amines) is 1. The Hall–Kier alpha value is -2.58. The summed E-state index contributed by atoms with van der Waals surface area (Å²) in [6.45, 7) is 0.755. The number of amides is 1. The lowest BCUT2D eigenvalue weighted by Crippen LogP contribution is -2.40. The van der Waals surface area contributed by atoms with Crippen LogP contribution in [0.5, 0.6) is 0 Å². The van der Waals surface area contributed by atoms with Crippen LogP contribution in [0, 0.1) is 5.82 Å². The van der Waals surface area contributed by atoms with E-state index in [1.165, 1.54) is 21.9 Å². The van der Waals surface area contributed by atoms with Crippen molar-refractivity contribution in [2.75, 3.05) is 13.1 Å². The molecule has 2 aromatic rings. The van der Waals surface area contributed by atoms with Crippen molar-refractivity contribution in [3.05, 3.63) is 52.0 Å². The number of carbonyl (C=O) groups is 1. The van der Waals surface area contributed by atoms with Crippen LogP contribution in [0.15, 0.2) is 29.3 Å². The van der Waals surface area contributed by atoms with Gasteiger partial charge >= 0.3 is 5.69 Å². The van der Waals surface area contributed by atoms with E-state index in [2.05, 4.69) is 10.2 Å². The van der Waals surface area contributed by atoms with Gasteiger partial charge in [0.05, 0.1) is 5.56 Å². The maximum atomic E-state index is 13.3. The van der Waals surface area contributed by atoms with Crippen LogP contribution in [0.2, 0.25) is 0 Å². The molecule has 0 saturated carbocycles. The summed E-state index contributed by atoms with van der Waals surface area (Å²) in [5.41, 5.74) is -1.05. The number of rotatable bonds is 3. The van der Waals surface area contributed by atoms with Crippen LogP contribution in [0.1, 0.15) is 41.2 Å². The summed E-state index contributed by atoms with van der Waals surface area (Å²) >= 11 is 0. The van der Waals surface area contributed by atoms with Gasteiger partial charge in [-0.05, 0) is 31.0 Å². The Morgan fingerprint density at radius 3 is 2.58 bits per heavy atom. The molecule has 0 spiro atoms. The lowest BCUT2D eigenvalue weighted by molar-refractivity contribution is 0.0693. The molecule has 1 amide bonds. The maximum Gasteiger partial charge on any atom is 0.343 e. The molecular weight excluding hydrogens is 325 g/mol. The molecule has 1 aliphatic rings. The first-order valence-electron chi connectivity index (χ1n) is 7.45. The predicted molar refractivity (Wildman–Crippen MR) is 78.4 cm³/mol. The van der Waals surface area contributed by atoms with E-state index in [0.717, 1.165) is 12.1 Å². The summed E-state index contributed by atoms with van der Waals surface area (Å²) < 4.78 is 40.3. The number of hydrogen-bond acceptors (Lipinski definition) is 3. The molecule has 1 aromatic heterocycles. The third-order valence-corrected chi connectivity index (χ3v) is 4.20. The molecule has 9 heteroatoms. The molecule has 0 bridgehead atoms. The quantitative estimate of drug-likeness (QED) is 0.930. The number of nitrogens with zero attached hydrogens (tertiary/aromatic N) is 3. The van der Waals surface area contributed by atoms with E-state index >= 15 is 0 Å². The first kappa shape index (κ1) is 16.3. The molecule has 0 aliphatic carbocycles. The minimum absolute atomic E-state index is 0.0330. The molecule has 0 unspecified atom stereocenters. The number of alkyl halides is 2. The van der Waals surface area contributed by atoms with Crippen molar-refractivity contribution in [3.63, 3.8) is 0 Å². The Kier molecular flexibility index (Phi) is 4.41. The van der Waals surface area contributed by atoms with Crippen LogP contribution in [0.4, 0.5) is 13.2 Å². The van der Waals surface area contributed by atoms with Crippen LogP contribution >= 0.6 is 0 Å². The molecular formula is C15H15F3N4O2. The molecule has 24 heavy (non-hydrogen) atoms. The fourth-order valence-corrected chi connectivity index (χ4v) is 2.89.